The van der Waals surface area contributed by atoms with Crippen molar-refractivity contribution >= 4 is 23.5 Å². The van der Waals surface area contributed by atoms with Crippen LogP contribution in [0.25, 0.3) is 0 Å². The molecule has 162 valence electrons. The molecule has 0 atom stereocenters. The highest BCUT2D eigenvalue weighted by Gasteiger charge is 2.38. The van der Waals surface area contributed by atoms with Gasteiger partial charge in [0.1, 0.15) is 17.3 Å². The Morgan fingerprint density at radius 2 is 1.80 bits per heavy atom. The van der Waals surface area contributed by atoms with Gasteiger partial charge < -0.3 is 20.1 Å². The van der Waals surface area contributed by atoms with E-state index in [-0.39, 0.29) is 28.3 Å². The van der Waals surface area contributed by atoms with Gasteiger partial charge in [-0.25, -0.2) is 19.2 Å². The highest BCUT2D eigenvalue weighted by Crippen LogP contribution is 2.28. The summed E-state index contributed by atoms with van der Waals surface area (Å²) in [5, 5.41) is 10.4. The molecule has 0 saturated carbocycles. The number of carbonyl (C=O) groups is 2. The number of nitrogens with zero attached hydrogens (tertiary/aromatic N) is 3. The van der Waals surface area contributed by atoms with Gasteiger partial charge >= 0.3 is 12.1 Å². The molecule has 1 aromatic heterocycles. The van der Waals surface area contributed by atoms with Gasteiger partial charge in [-0.2, -0.15) is 13.2 Å². The predicted molar refractivity (Wildman–Crippen MR) is 96.0 cm³/mol. The number of rotatable bonds is 3. The van der Waals surface area contributed by atoms with Crippen LogP contribution in [0.5, 0.6) is 11.6 Å². The van der Waals surface area contributed by atoms with E-state index in [0.29, 0.717) is 13.1 Å². The molecule has 0 spiro atoms. The number of aliphatic carboxylic acids is 1. The Morgan fingerprint density at radius 3 is 2.30 bits per heavy atom. The van der Waals surface area contributed by atoms with Crippen LogP contribution < -0.4 is 10.1 Å². The Bertz CT molecular complexity index is 890. The number of piperazine rings is 1. The zero-order chi connectivity index (χ0) is 22.3. The lowest BCUT2D eigenvalue weighted by atomic mass is 10.3. The van der Waals surface area contributed by atoms with E-state index in [4.69, 9.17) is 26.2 Å². The highest BCUT2D eigenvalue weighted by molar-refractivity contribution is 6.32. The molecule has 2 aromatic rings. The number of halogens is 5. The van der Waals surface area contributed by atoms with Crippen molar-refractivity contribution in [1.82, 2.24) is 20.2 Å². The van der Waals surface area contributed by atoms with E-state index >= 15 is 0 Å². The molecule has 1 fully saturated rings. The zero-order valence-electron chi connectivity index (χ0n) is 15.1. The SMILES string of the molecule is O=C(O)C(F)(F)F.O=C(c1cnc(Oc2ccc(F)cc2Cl)cn1)N1CCNCC1. The molecule has 0 radical (unpaired) electrons. The van der Waals surface area contributed by atoms with Crippen LogP contribution in [0.4, 0.5) is 17.6 Å². The average molecular weight is 451 g/mol. The number of alkyl halides is 3. The van der Waals surface area contributed by atoms with Gasteiger partial charge in [-0.1, -0.05) is 11.6 Å². The minimum absolute atomic E-state index is 0.132. The molecule has 8 nitrogen and oxygen atoms in total. The fraction of sp³-hybridized carbons (Fsp3) is 0.294. The second-order valence-electron chi connectivity index (χ2n) is 5.76. The van der Waals surface area contributed by atoms with E-state index in [0.717, 1.165) is 19.2 Å². The van der Waals surface area contributed by atoms with Gasteiger partial charge in [0, 0.05) is 26.2 Å². The standard InChI is InChI=1S/C15H14ClFN4O2.C2HF3O2/c16-11-7-10(17)1-2-13(11)23-14-9-19-12(8-20-14)15(22)21-5-3-18-4-6-21;3-2(4,5)1(6)7/h1-2,7-9,18H,3-6H2;(H,6,7). The van der Waals surface area contributed by atoms with Crippen LogP contribution in [-0.2, 0) is 4.79 Å². The molecule has 0 bridgehead atoms. The Kier molecular flexibility index (Phi) is 7.89. The number of aromatic nitrogens is 2. The molecule has 0 aliphatic carbocycles. The van der Waals surface area contributed by atoms with Crippen LogP contribution in [0.15, 0.2) is 30.6 Å². The van der Waals surface area contributed by atoms with Crippen molar-refractivity contribution in [3.63, 3.8) is 0 Å². The van der Waals surface area contributed by atoms with Crippen molar-refractivity contribution in [3.05, 3.63) is 47.1 Å². The van der Waals surface area contributed by atoms with Gasteiger partial charge in [0.15, 0.2) is 0 Å². The first-order valence-electron chi connectivity index (χ1n) is 8.33. The van der Waals surface area contributed by atoms with Crippen molar-refractivity contribution in [1.29, 1.82) is 0 Å². The second-order valence-corrected chi connectivity index (χ2v) is 6.17. The first-order chi connectivity index (χ1) is 14.1. The smallest absolute Gasteiger partial charge is 0.475 e. The average Bonchev–Trinajstić information content (AvgIpc) is 2.70. The Hall–Kier alpha value is -2.99. The van der Waals surface area contributed by atoms with Crippen LogP contribution in [0.3, 0.4) is 0 Å². The maximum Gasteiger partial charge on any atom is 0.490 e. The topological polar surface area (TPSA) is 105 Å². The van der Waals surface area contributed by atoms with Crippen LogP contribution >= 0.6 is 11.6 Å². The quantitative estimate of drug-likeness (QED) is 0.693. The lowest BCUT2D eigenvalue weighted by Gasteiger charge is -2.26. The van der Waals surface area contributed by atoms with Gasteiger partial charge in [0.25, 0.3) is 5.91 Å². The molecule has 2 heterocycles. The lowest BCUT2D eigenvalue weighted by Crippen LogP contribution is -2.46. The minimum atomic E-state index is -5.08. The van der Waals surface area contributed by atoms with E-state index in [9.17, 15) is 22.4 Å². The summed E-state index contributed by atoms with van der Waals surface area (Å²) < 4.78 is 50.2. The molecule has 13 heteroatoms. The molecule has 1 aromatic carbocycles. The maximum atomic E-state index is 13.0. The molecule has 3 rings (SSSR count). The molecule has 1 aliphatic rings. The number of carboxylic acid groups (broad SMARTS) is 1. The molecule has 1 saturated heterocycles. The highest BCUT2D eigenvalue weighted by atomic mass is 35.5. The summed E-state index contributed by atoms with van der Waals surface area (Å²) in [5.74, 6) is -2.93. The second kappa shape index (κ2) is 10.2. The van der Waals surface area contributed by atoms with Crippen molar-refractivity contribution in [2.24, 2.45) is 0 Å². The number of hydrogen-bond donors (Lipinski definition) is 2. The van der Waals surface area contributed by atoms with Crippen LogP contribution in [0.1, 0.15) is 10.5 Å². The molecular formula is C17H15ClF4N4O4. The first kappa shape index (κ1) is 23.3. The van der Waals surface area contributed by atoms with Gasteiger partial charge in [0.05, 0.1) is 17.4 Å². The van der Waals surface area contributed by atoms with Crippen molar-refractivity contribution in [3.8, 4) is 11.6 Å². The van der Waals surface area contributed by atoms with E-state index < -0.39 is 18.0 Å². The van der Waals surface area contributed by atoms with E-state index in [1.54, 1.807) is 4.90 Å². The summed E-state index contributed by atoms with van der Waals surface area (Å²) in [6.45, 7) is 2.82. The number of ether oxygens (including phenoxy) is 1. The van der Waals surface area contributed by atoms with E-state index in [1.165, 1.54) is 24.5 Å². The van der Waals surface area contributed by atoms with Gasteiger partial charge in [0.2, 0.25) is 5.88 Å². The molecule has 1 amide bonds. The third-order valence-electron chi connectivity index (χ3n) is 3.60. The molecule has 30 heavy (non-hydrogen) atoms. The number of carbonyl (C=O) groups excluding carboxylic acids is 1. The molecule has 1 aliphatic heterocycles. The van der Waals surface area contributed by atoms with Crippen LogP contribution in [0, 0.1) is 5.82 Å². The minimum Gasteiger partial charge on any atom is -0.475 e. The summed E-state index contributed by atoms with van der Waals surface area (Å²) in [5.41, 5.74) is 0.254. The Balaban J connectivity index is 0.000000396. The van der Waals surface area contributed by atoms with Gasteiger partial charge in [-0.15, -0.1) is 0 Å². The maximum absolute atomic E-state index is 13.0. The van der Waals surface area contributed by atoms with E-state index in [1.807, 2.05) is 0 Å². The largest absolute Gasteiger partial charge is 0.490 e. The molecule has 0 unspecified atom stereocenters. The Labute approximate surface area is 172 Å². The number of carboxylic acids is 1. The van der Waals surface area contributed by atoms with Crippen LogP contribution in [-0.4, -0.2) is 64.2 Å². The van der Waals surface area contributed by atoms with Gasteiger partial charge in [-0.3, -0.25) is 4.79 Å². The first-order valence-corrected chi connectivity index (χ1v) is 8.71. The normalized spacial score (nSPS) is 13.8. The van der Waals surface area contributed by atoms with E-state index in [2.05, 4.69) is 15.3 Å². The third-order valence-corrected chi connectivity index (χ3v) is 3.90. The van der Waals surface area contributed by atoms with Crippen molar-refractivity contribution < 1.29 is 37.0 Å². The zero-order valence-corrected chi connectivity index (χ0v) is 15.9. The monoisotopic (exact) mass is 450 g/mol. The number of amides is 1. The number of benzene rings is 1. The summed E-state index contributed by atoms with van der Waals surface area (Å²) >= 11 is 5.88. The Morgan fingerprint density at radius 1 is 1.17 bits per heavy atom. The number of nitrogens with one attached hydrogen (secondary N) is 1. The molecule has 2 N–H and O–H groups in total. The van der Waals surface area contributed by atoms with Gasteiger partial charge in [-0.05, 0) is 18.2 Å². The number of hydrogen-bond acceptors (Lipinski definition) is 6. The summed E-state index contributed by atoms with van der Waals surface area (Å²) in [7, 11) is 0. The summed E-state index contributed by atoms with van der Waals surface area (Å²) in [6, 6.07) is 3.78. The van der Waals surface area contributed by atoms with Crippen molar-refractivity contribution in [2.75, 3.05) is 26.2 Å². The summed E-state index contributed by atoms with van der Waals surface area (Å²) in [4.78, 5) is 31.0. The fourth-order valence-electron chi connectivity index (χ4n) is 2.18. The fourth-order valence-corrected chi connectivity index (χ4v) is 2.39. The molecular weight excluding hydrogens is 436 g/mol. The summed E-state index contributed by atoms with van der Waals surface area (Å²) in [6.07, 6.45) is -2.38. The predicted octanol–water partition coefficient (Wildman–Crippen LogP) is 2.74. The third kappa shape index (κ3) is 6.81. The van der Waals surface area contributed by atoms with Crippen molar-refractivity contribution in [2.45, 2.75) is 6.18 Å². The van der Waals surface area contributed by atoms with Crippen LogP contribution in [0.2, 0.25) is 5.02 Å². The lowest BCUT2D eigenvalue weighted by molar-refractivity contribution is -0.192.